The van der Waals surface area contributed by atoms with Crippen molar-refractivity contribution in [2.45, 2.75) is 12.8 Å². The van der Waals surface area contributed by atoms with Crippen LogP contribution in [-0.4, -0.2) is 17.4 Å². The number of para-hydroxylation sites is 3. The Bertz CT molecular complexity index is 1040. The molecule has 0 unspecified atom stereocenters. The molecule has 0 heterocycles. The Morgan fingerprint density at radius 2 is 1.70 bits per heavy atom. The summed E-state index contributed by atoms with van der Waals surface area (Å²) in [6.07, 6.45) is 0.536. The average Bonchev–Trinajstić information content (AvgIpc) is 2.73. The summed E-state index contributed by atoms with van der Waals surface area (Å²) in [5, 5.41) is 12.4. The van der Waals surface area contributed by atoms with Crippen molar-refractivity contribution in [3.8, 4) is 5.75 Å². The lowest BCUT2D eigenvalue weighted by Gasteiger charge is -2.23. The number of nitro groups is 1. The molecule has 30 heavy (non-hydrogen) atoms. The molecule has 0 radical (unpaired) electrons. The summed E-state index contributed by atoms with van der Waals surface area (Å²) in [5.74, 6) is 0.202. The summed E-state index contributed by atoms with van der Waals surface area (Å²) in [6.45, 7) is 0.257. The lowest BCUT2D eigenvalue weighted by Crippen LogP contribution is -2.26. The van der Waals surface area contributed by atoms with Gasteiger partial charge in [0.25, 0.3) is 5.69 Å². The van der Waals surface area contributed by atoms with Crippen molar-refractivity contribution in [1.82, 2.24) is 0 Å². The normalized spacial score (nSPS) is 10.5. The number of halogens is 2. The third kappa shape index (κ3) is 5.28. The molecule has 154 valence electrons. The van der Waals surface area contributed by atoms with Gasteiger partial charge in [0.05, 0.1) is 16.6 Å². The highest BCUT2D eigenvalue weighted by atomic mass is 35.5. The second-order valence-electron chi connectivity index (χ2n) is 6.34. The molecule has 3 rings (SSSR count). The van der Waals surface area contributed by atoms with E-state index in [0.29, 0.717) is 27.9 Å². The highest BCUT2D eigenvalue weighted by molar-refractivity contribution is 6.35. The van der Waals surface area contributed by atoms with Crippen LogP contribution in [0.15, 0.2) is 72.8 Å². The maximum Gasteiger partial charge on any atom is 0.293 e. The van der Waals surface area contributed by atoms with Gasteiger partial charge in [0.15, 0.2) is 0 Å². The van der Waals surface area contributed by atoms with Crippen molar-refractivity contribution in [3.63, 3.8) is 0 Å². The van der Waals surface area contributed by atoms with Crippen LogP contribution in [0.4, 0.5) is 17.1 Å². The standard InChI is InChI=1S/C22H18Cl2N2O4/c23-16-12-13-21(18(24)15-16)30-14-6-11-22(27)25(17-7-2-1-3-8-17)19-9-4-5-10-20(19)26(28)29/h1-5,7-10,12-13,15H,6,11,14H2. The number of carbonyl (C=O) groups excluding carboxylic acids is 1. The molecule has 0 aliphatic heterocycles. The number of nitrogens with zero attached hydrogens (tertiary/aromatic N) is 2. The molecule has 0 N–H and O–H groups in total. The van der Waals surface area contributed by atoms with E-state index < -0.39 is 4.92 Å². The molecule has 3 aromatic rings. The predicted octanol–water partition coefficient (Wildman–Crippen LogP) is 6.43. The molecule has 0 fully saturated rings. The van der Waals surface area contributed by atoms with E-state index >= 15 is 0 Å². The van der Waals surface area contributed by atoms with Crippen molar-refractivity contribution in [2.24, 2.45) is 0 Å². The maximum absolute atomic E-state index is 13.0. The Kier molecular flexibility index (Phi) is 7.27. The van der Waals surface area contributed by atoms with Gasteiger partial charge in [0, 0.05) is 23.2 Å². The minimum atomic E-state index is -0.496. The summed E-state index contributed by atoms with van der Waals surface area (Å²) < 4.78 is 5.63. The van der Waals surface area contributed by atoms with Gasteiger partial charge in [-0.05, 0) is 42.8 Å². The summed E-state index contributed by atoms with van der Waals surface area (Å²) in [4.78, 5) is 25.4. The van der Waals surface area contributed by atoms with Crippen LogP contribution < -0.4 is 9.64 Å². The van der Waals surface area contributed by atoms with Crippen LogP contribution in [0.2, 0.25) is 10.0 Å². The zero-order valence-corrected chi connectivity index (χ0v) is 17.3. The molecule has 0 saturated carbocycles. The van der Waals surface area contributed by atoms with Crippen LogP contribution in [0.5, 0.6) is 5.75 Å². The van der Waals surface area contributed by atoms with E-state index in [9.17, 15) is 14.9 Å². The molecule has 1 amide bonds. The number of carbonyl (C=O) groups is 1. The SMILES string of the molecule is O=C(CCCOc1ccc(Cl)cc1Cl)N(c1ccccc1)c1ccccc1[N+](=O)[O-]. The molecular formula is C22H18Cl2N2O4. The fourth-order valence-electron chi connectivity index (χ4n) is 2.91. The van der Waals surface area contributed by atoms with E-state index in [-0.39, 0.29) is 30.3 Å². The van der Waals surface area contributed by atoms with Crippen LogP contribution >= 0.6 is 23.2 Å². The highest BCUT2D eigenvalue weighted by Crippen LogP contribution is 2.34. The molecule has 3 aromatic carbocycles. The van der Waals surface area contributed by atoms with Gasteiger partial charge in [-0.15, -0.1) is 0 Å². The van der Waals surface area contributed by atoms with Crippen LogP contribution in [0.25, 0.3) is 0 Å². The molecule has 0 aromatic heterocycles. The molecule has 8 heteroatoms. The van der Waals surface area contributed by atoms with Crippen LogP contribution in [0.3, 0.4) is 0 Å². The van der Waals surface area contributed by atoms with Crippen molar-refractivity contribution >= 4 is 46.2 Å². The quantitative estimate of drug-likeness (QED) is 0.228. The van der Waals surface area contributed by atoms with E-state index in [1.807, 2.05) is 6.07 Å². The summed E-state index contributed by atoms with van der Waals surface area (Å²) in [6, 6.07) is 19.9. The zero-order valence-electron chi connectivity index (χ0n) is 15.8. The monoisotopic (exact) mass is 444 g/mol. The van der Waals surface area contributed by atoms with Crippen LogP contribution in [0.1, 0.15) is 12.8 Å². The average molecular weight is 445 g/mol. The second kappa shape index (κ2) is 10.1. The molecular weight excluding hydrogens is 427 g/mol. The van der Waals surface area contributed by atoms with Crippen molar-refractivity contribution in [2.75, 3.05) is 11.5 Å². The van der Waals surface area contributed by atoms with E-state index in [2.05, 4.69) is 0 Å². The first-order valence-corrected chi connectivity index (χ1v) is 9.92. The zero-order chi connectivity index (χ0) is 21.5. The Balaban J connectivity index is 1.74. The molecule has 0 aliphatic rings. The molecule has 0 atom stereocenters. The maximum atomic E-state index is 13.0. The van der Waals surface area contributed by atoms with Gasteiger partial charge in [-0.3, -0.25) is 19.8 Å². The number of ether oxygens (including phenoxy) is 1. The minimum absolute atomic E-state index is 0.131. The number of rotatable bonds is 8. The van der Waals surface area contributed by atoms with E-state index in [4.69, 9.17) is 27.9 Å². The largest absolute Gasteiger partial charge is 0.492 e. The van der Waals surface area contributed by atoms with E-state index in [0.717, 1.165) is 0 Å². The van der Waals surface area contributed by atoms with Gasteiger partial charge >= 0.3 is 0 Å². The lowest BCUT2D eigenvalue weighted by molar-refractivity contribution is -0.384. The van der Waals surface area contributed by atoms with Crippen molar-refractivity contribution in [1.29, 1.82) is 0 Å². The Morgan fingerprint density at radius 3 is 2.40 bits per heavy atom. The van der Waals surface area contributed by atoms with Crippen molar-refractivity contribution in [3.05, 3.63) is 93.0 Å². The topological polar surface area (TPSA) is 72.7 Å². The lowest BCUT2D eigenvalue weighted by atomic mass is 10.1. The Hall–Kier alpha value is -3.09. The number of hydrogen-bond donors (Lipinski definition) is 0. The van der Waals surface area contributed by atoms with Gasteiger partial charge in [0.1, 0.15) is 11.4 Å². The molecule has 6 nitrogen and oxygen atoms in total. The molecule has 0 spiro atoms. The van der Waals surface area contributed by atoms with Gasteiger partial charge in [-0.1, -0.05) is 53.5 Å². The summed E-state index contributed by atoms with van der Waals surface area (Å²) in [5.41, 5.74) is 0.637. The number of hydrogen-bond acceptors (Lipinski definition) is 4. The third-order valence-electron chi connectivity index (χ3n) is 4.27. The van der Waals surface area contributed by atoms with Gasteiger partial charge < -0.3 is 4.74 Å². The summed E-state index contributed by atoms with van der Waals surface area (Å²) >= 11 is 11.9. The number of nitro benzene ring substituents is 1. The number of amides is 1. The third-order valence-corrected chi connectivity index (χ3v) is 4.80. The van der Waals surface area contributed by atoms with E-state index in [1.165, 1.54) is 11.0 Å². The second-order valence-corrected chi connectivity index (χ2v) is 7.18. The first-order chi connectivity index (χ1) is 14.5. The van der Waals surface area contributed by atoms with Crippen LogP contribution in [0, 0.1) is 10.1 Å². The number of anilines is 2. The predicted molar refractivity (Wildman–Crippen MR) is 118 cm³/mol. The summed E-state index contributed by atoms with van der Waals surface area (Å²) in [7, 11) is 0. The first-order valence-electron chi connectivity index (χ1n) is 9.16. The van der Waals surface area contributed by atoms with Gasteiger partial charge in [0.2, 0.25) is 5.91 Å². The van der Waals surface area contributed by atoms with Crippen molar-refractivity contribution < 1.29 is 14.5 Å². The fourth-order valence-corrected chi connectivity index (χ4v) is 3.37. The van der Waals surface area contributed by atoms with Gasteiger partial charge in [-0.25, -0.2) is 0 Å². The minimum Gasteiger partial charge on any atom is -0.492 e. The first kappa shape index (κ1) is 21.6. The van der Waals surface area contributed by atoms with Crippen LogP contribution in [-0.2, 0) is 4.79 Å². The molecule has 0 bridgehead atoms. The Morgan fingerprint density at radius 1 is 1.00 bits per heavy atom. The van der Waals surface area contributed by atoms with Gasteiger partial charge in [-0.2, -0.15) is 0 Å². The smallest absolute Gasteiger partial charge is 0.293 e. The fraction of sp³-hybridized carbons (Fsp3) is 0.136. The molecule has 0 aliphatic carbocycles. The number of benzene rings is 3. The highest BCUT2D eigenvalue weighted by Gasteiger charge is 2.25. The van der Waals surface area contributed by atoms with E-state index in [1.54, 1.807) is 60.7 Å². The molecule has 0 saturated heterocycles. The Labute approximate surface area is 183 Å².